The van der Waals surface area contributed by atoms with Crippen LogP contribution in [0.4, 0.5) is 0 Å². The Morgan fingerprint density at radius 2 is 2.27 bits per heavy atom. The van der Waals surface area contributed by atoms with E-state index in [2.05, 4.69) is 24.9 Å². The third kappa shape index (κ3) is 1.51. The van der Waals surface area contributed by atoms with Gasteiger partial charge in [-0.3, -0.25) is 0 Å². The first-order chi connectivity index (χ1) is 7.12. The molecule has 3 nitrogen and oxygen atoms in total. The smallest absolute Gasteiger partial charge is 0.216 e. The fourth-order valence-electron chi connectivity index (χ4n) is 2.61. The number of hydrogen-bond acceptors (Lipinski definition) is 3. The van der Waals surface area contributed by atoms with Crippen LogP contribution in [0.5, 0.6) is 5.88 Å². The molecule has 2 atom stereocenters. The lowest BCUT2D eigenvalue weighted by molar-refractivity contribution is 0.390. The number of ether oxygens (including phenoxy) is 1. The predicted molar refractivity (Wildman–Crippen MR) is 59.9 cm³/mol. The van der Waals surface area contributed by atoms with E-state index in [1.807, 2.05) is 6.07 Å². The van der Waals surface area contributed by atoms with Crippen LogP contribution < -0.4 is 10.5 Å². The van der Waals surface area contributed by atoms with Crippen LogP contribution >= 0.6 is 0 Å². The first kappa shape index (κ1) is 10.4. The van der Waals surface area contributed by atoms with Gasteiger partial charge in [0.2, 0.25) is 5.88 Å². The third-order valence-electron chi connectivity index (χ3n) is 3.63. The van der Waals surface area contributed by atoms with Crippen molar-refractivity contribution < 1.29 is 4.74 Å². The van der Waals surface area contributed by atoms with Crippen molar-refractivity contribution >= 4 is 0 Å². The Hall–Kier alpha value is -1.09. The summed E-state index contributed by atoms with van der Waals surface area (Å²) in [5.74, 6) is 1.79. The molecule has 0 spiro atoms. The second kappa shape index (κ2) is 3.49. The molecule has 1 aliphatic rings. The lowest BCUT2D eigenvalue weighted by Crippen LogP contribution is -2.05. The normalized spacial score (nSPS) is 27.5. The number of rotatable bonds is 3. The Balaban J connectivity index is 2.32. The zero-order valence-electron chi connectivity index (χ0n) is 9.53. The van der Waals surface area contributed by atoms with E-state index in [0.717, 1.165) is 12.4 Å². The molecule has 0 radical (unpaired) electrons. The average molecular weight is 206 g/mol. The number of aromatic nitrogens is 1. The largest absolute Gasteiger partial charge is 0.481 e. The van der Waals surface area contributed by atoms with Gasteiger partial charge in [0.05, 0.1) is 7.11 Å². The molecule has 0 aliphatic heterocycles. The van der Waals surface area contributed by atoms with Gasteiger partial charge in [-0.05, 0) is 29.9 Å². The van der Waals surface area contributed by atoms with E-state index in [1.54, 1.807) is 13.3 Å². The van der Waals surface area contributed by atoms with Crippen molar-refractivity contribution in [3.63, 3.8) is 0 Å². The SMILES string of the molecule is COc1ncccc1[C@@H]1[C@@H](CN)C1(C)C. The maximum Gasteiger partial charge on any atom is 0.216 e. The molecule has 2 rings (SSSR count). The molecular weight excluding hydrogens is 188 g/mol. The molecule has 15 heavy (non-hydrogen) atoms. The van der Waals surface area contributed by atoms with Crippen LogP contribution in [0.25, 0.3) is 0 Å². The molecule has 1 fully saturated rings. The number of nitrogens with zero attached hydrogens (tertiary/aromatic N) is 1. The van der Waals surface area contributed by atoms with E-state index < -0.39 is 0 Å². The number of methoxy groups -OCH3 is 1. The average Bonchev–Trinajstić information content (AvgIpc) is 2.80. The Kier molecular flexibility index (Phi) is 2.43. The molecule has 0 amide bonds. The topological polar surface area (TPSA) is 48.1 Å². The van der Waals surface area contributed by atoms with Crippen molar-refractivity contribution in [3.05, 3.63) is 23.9 Å². The van der Waals surface area contributed by atoms with Crippen LogP contribution in [0.2, 0.25) is 0 Å². The first-order valence-corrected chi connectivity index (χ1v) is 5.32. The van der Waals surface area contributed by atoms with E-state index >= 15 is 0 Å². The molecular formula is C12H18N2O. The van der Waals surface area contributed by atoms with Gasteiger partial charge >= 0.3 is 0 Å². The Morgan fingerprint density at radius 3 is 2.80 bits per heavy atom. The van der Waals surface area contributed by atoms with Gasteiger partial charge < -0.3 is 10.5 Å². The van der Waals surface area contributed by atoms with Gasteiger partial charge in [-0.25, -0.2) is 4.98 Å². The lowest BCUT2D eigenvalue weighted by atomic mass is 10.0. The van der Waals surface area contributed by atoms with Crippen molar-refractivity contribution in [2.24, 2.45) is 17.1 Å². The van der Waals surface area contributed by atoms with Crippen molar-refractivity contribution in [2.75, 3.05) is 13.7 Å². The van der Waals surface area contributed by atoms with Crippen molar-refractivity contribution in [3.8, 4) is 5.88 Å². The van der Waals surface area contributed by atoms with Gasteiger partial charge in [0.1, 0.15) is 0 Å². The van der Waals surface area contributed by atoms with Crippen molar-refractivity contribution in [2.45, 2.75) is 19.8 Å². The van der Waals surface area contributed by atoms with Crippen molar-refractivity contribution in [1.29, 1.82) is 0 Å². The van der Waals surface area contributed by atoms with E-state index in [4.69, 9.17) is 10.5 Å². The van der Waals surface area contributed by atoms with E-state index in [9.17, 15) is 0 Å². The standard InChI is InChI=1S/C12H18N2O/c1-12(2)9(7-13)10(12)8-5-4-6-14-11(8)15-3/h4-6,9-10H,7,13H2,1-3H3/t9-,10-/m1/s1. The Morgan fingerprint density at radius 1 is 1.53 bits per heavy atom. The monoisotopic (exact) mass is 206 g/mol. The summed E-state index contributed by atoms with van der Waals surface area (Å²) in [5, 5.41) is 0. The zero-order valence-corrected chi connectivity index (χ0v) is 9.53. The molecule has 2 N–H and O–H groups in total. The first-order valence-electron chi connectivity index (χ1n) is 5.32. The highest BCUT2D eigenvalue weighted by Crippen LogP contribution is 2.64. The molecule has 1 saturated carbocycles. The third-order valence-corrected chi connectivity index (χ3v) is 3.63. The maximum absolute atomic E-state index is 5.77. The van der Waals surface area contributed by atoms with Gasteiger partial charge in [0.25, 0.3) is 0 Å². The summed E-state index contributed by atoms with van der Waals surface area (Å²) >= 11 is 0. The van der Waals surface area contributed by atoms with Crippen LogP contribution in [-0.2, 0) is 0 Å². The maximum atomic E-state index is 5.77. The fourth-order valence-corrected chi connectivity index (χ4v) is 2.61. The molecule has 1 aromatic heterocycles. The van der Waals surface area contributed by atoms with E-state index in [0.29, 0.717) is 11.8 Å². The minimum Gasteiger partial charge on any atom is -0.481 e. The summed E-state index contributed by atoms with van der Waals surface area (Å²) < 4.78 is 5.28. The van der Waals surface area contributed by atoms with Crippen LogP contribution in [0.15, 0.2) is 18.3 Å². The van der Waals surface area contributed by atoms with Crippen LogP contribution in [-0.4, -0.2) is 18.6 Å². The van der Waals surface area contributed by atoms with E-state index in [-0.39, 0.29) is 5.41 Å². The molecule has 0 bridgehead atoms. The summed E-state index contributed by atoms with van der Waals surface area (Å²) in [7, 11) is 1.67. The van der Waals surface area contributed by atoms with Crippen molar-refractivity contribution in [1.82, 2.24) is 4.98 Å². The summed E-state index contributed by atoms with van der Waals surface area (Å²) in [6, 6.07) is 4.05. The number of hydrogen-bond donors (Lipinski definition) is 1. The second-order valence-corrected chi connectivity index (χ2v) is 4.74. The highest BCUT2D eigenvalue weighted by atomic mass is 16.5. The number of nitrogens with two attached hydrogens (primary N) is 1. The van der Waals surface area contributed by atoms with Crippen LogP contribution in [0.1, 0.15) is 25.3 Å². The second-order valence-electron chi connectivity index (χ2n) is 4.74. The highest BCUT2D eigenvalue weighted by Gasteiger charge is 2.58. The Bertz CT molecular complexity index is 362. The Labute approximate surface area is 90.7 Å². The zero-order chi connectivity index (χ0) is 11.1. The molecule has 1 aromatic rings. The minimum atomic E-state index is 0.283. The van der Waals surface area contributed by atoms with Gasteiger partial charge in [-0.2, -0.15) is 0 Å². The fraction of sp³-hybridized carbons (Fsp3) is 0.583. The summed E-state index contributed by atoms with van der Waals surface area (Å²) in [6.45, 7) is 5.24. The van der Waals surface area contributed by atoms with Gasteiger partial charge in [-0.1, -0.05) is 19.9 Å². The molecule has 1 aliphatic carbocycles. The number of pyridine rings is 1. The quantitative estimate of drug-likeness (QED) is 0.820. The highest BCUT2D eigenvalue weighted by molar-refractivity contribution is 5.38. The minimum absolute atomic E-state index is 0.283. The molecule has 0 aromatic carbocycles. The van der Waals surface area contributed by atoms with Crippen LogP contribution in [0, 0.1) is 11.3 Å². The van der Waals surface area contributed by atoms with E-state index in [1.165, 1.54) is 5.56 Å². The molecule has 1 heterocycles. The summed E-state index contributed by atoms with van der Waals surface area (Å²) in [4.78, 5) is 4.23. The predicted octanol–water partition coefficient (Wildman–Crippen LogP) is 1.79. The summed E-state index contributed by atoms with van der Waals surface area (Å²) in [5.41, 5.74) is 7.25. The van der Waals surface area contributed by atoms with Gasteiger partial charge in [-0.15, -0.1) is 0 Å². The van der Waals surface area contributed by atoms with Gasteiger partial charge in [0, 0.05) is 11.8 Å². The molecule has 82 valence electrons. The lowest BCUT2D eigenvalue weighted by Gasteiger charge is -2.07. The molecule has 0 saturated heterocycles. The van der Waals surface area contributed by atoms with Gasteiger partial charge in [0.15, 0.2) is 0 Å². The molecule has 0 unspecified atom stereocenters. The molecule has 3 heteroatoms. The van der Waals surface area contributed by atoms with Crippen LogP contribution in [0.3, 0.4) is 0 Å². The summed E-state index contributed by atoms with van der Waals surface area (Å²) in [6.07, 6.45) is 1.76.